The molecule has 0 heterocycles. The zero-order valence-corrected chi connectivity index (χ0v) is 12.4. The van der Waals surface area contributed by atoms with E-state index in [1.807, 2.05) is 0 Å². The lowest BCUT2D eigenvalue weighted by Gasteiger charge is -2.06. The number of aromatic hydroxyl groups is 2. The van der Waals surface area contributed by atoms with Crippen LogP contribution in [0.2, 0.25) is 5.02 Å². The summed E-state index contributed by atoms with van der Waals surface area (Å²) in [5, 5.41) is 27.4. The Morgan fingerprint density at radius 1 is 0.905 bits per heavy atom. The van der Waals surface area contributed by atoms with Crippen LogP contribution < -0.4 is 0 Å². The van der Waals surface area contributed by atoms with Gasteiger partial charge in [-0.25, -0.2) is 0 Å². The molecule has 0 aromatic heterocycles. The third kappa shape index (κ3) is 6.04. The van der Waals surface area contributed by atoms with Crippen molar-refractivity contribution in [1.29, 1.82) is 0 Å². The number of phenols is 2. The summed E-state index contributed by atoms with van der Waals surface area (Å²) < 4.78 is 0. The standard InChI is InChI=1S/C15H19ClO5/c16-11-8-10(13(18)9-14(11)19)12(17)6-4-2-1-3-5-7-15(20)21/h8-9,18-19H,1-7H2,(H,20,21). The Hall–Kier alpha value is -1.75. The fourth-order valence-electron chi connectivity index (χ4n) is 2.00. The normalized spacial score (nSPS) is 10.5. The van der Waals surface area contributed by atoms with E-state index in [1.54, 1.807) is 0 Å². The van der Waals surface area contributed by atoms with Crippen molar-refractivity contribution in [2.24, 2.45) is 0 Å². The summed E-state index contributed by atoms with van der Waals surface area (Å²) in [4.78, 5) is 22.3. The molecule has 6 heteroatoms. The molecule has 0 amide bonds. The molecule has 1 aromatic rings. The van der Waals surface area contributed by atoms with Crippen molar-refractivity contribution in [3.63, 3.8) is 0 Å². The first-order valence-electron chi connectivity index (χ1n) is 6.88. The minimum Gasteiger partial charge on any atom is -0.507 e. The molecule has 0 atom stereocenters. The molecule has 0 bridgehead atoms. The second-order valence-electron chi connectivity index (χ2n) is 4.91. The lowest BCUT2D eigenvalue weighted by molar-refractivity contribution is -0.137. The highest BCUT2D eigenvalue weighted by atomic mass is 35.5. The van der Waals surface area contributed by atoms with Gasteiger partial charge in [-0.2, -0.15) is 0 Å². The van der Waals surface area contributed by atoms with Crippen LogP contribution in [0.5, 0.6) is 11.5 Å². The van der Waals surface area contributed by atoms with Crippen LogP contribution in [0, 0.1) is 0 Å². The van der Waals surface area contributed by atoms with E-state index in [1.165, 1.54) is 6.07 Å². The second kappa shape index (κ2) is 8.52. The zero-order valence-electron chi connectivity index (χ0n) is 11.6. The van der Waals surface area contributed by atoms with Gasteiger partial charge in [0, 0.05) is 18.9 Å². The first-order valence-corrected chi connectivity index (χ1v) is 7.26. The van der Waals surface area contributed by atoms with Gasteiger partial charge in [0.25, 0.3) is 0 Å². The number of phenolic OH excluding ortho intramolecular Hbond substituents is 2. The van der Waals surface area contributed by atoms with Gasteiger partial charge < -0.3 is 15.3 Å². The molecule has 1 rings (SSSR count). The van der Waals surface area contributed by atoms with Gasteiger partial charge in [-0.1, -0.05) is 30.9 Å². The Balaban J connectivity index is 2.31. The third-order valence-corrected chi connectivity index (χ3v) is 3.46. The quantitative estimate of drug-likeness (QED) is 0.476. The molecule has 1 aromatic carbocycles. The van der Waals surface area contributed by atoms with Crippen molar-refractivity contribution in [3.05, 3.63) is 22.7 Å². The summed E-state index contributed by atoms with van der Waals surface area (Å²) >= 11 is 5.71. The van der Waals surface area contributed by atoms with Crippen molar-refractivity contribution >= 4 is 23.4 Å². The smallest absolute Gasteiger partial charge is 0.303 e. The number of ketones is 1. The van der Waals surface area contributed by atoms with Crippen LogP contribution in [0.1, 0.15) is 55.3 Å². The molecule has 0 spiro atoms. The molecule has 0 radical (unpaired) electrons. The fraction of sp³-hybridized carbons (Fsp3) is 0.467. The maximum Gasteiger partial charge on any atom is 0.303 e. The van der Waals surface area contributed by atoms with Crippen LogP contribution in [0.15, 0.2) is 12.1 Å². The first kappa shape index (κ1) is 17.3. The molecular formula is C15H19ClO5. The highest BCUT2D eigenvalue weighted by Gasteiger charge is 2.14. The average Bonchev–Trinajstić information content (AvgIpc) is 2.41. The Morgan fingerprint density at radius 3 is 2.10 bits per heavy atom. The van der Waals surface area contributed by atoms with E-state index in [4.69, 9.17) is 16.7 Å². The molecular weight excluding hydrogens is 296 g/mol. The van der Waals surface area contributed by atoms with Crippen molar-refractivity contribution in [3.8, 4) is 11.5 Å². The monoisotopic (exact) mass is 314 g/mol. The fourth-order valence-corrected chi connectivity index (χ4v) is 2.16. The van der Waals surface area contributed by atoms with Crippen LogP contribution >= 0.6 is 11.6 Å². The van der Waals surface area contributed by atoms with E-state index >= 15 is 0 Å². The van der Waals surface area contributed by atoms with E-state index in [9.17, 15) is 19.8 Å². The highest BCUT2D eigenvalue weighted by molar-refractivity contribution is 6.32. The van der Waals surface area contributed by atoms with Gasteiger partial charge in [0.2, 0.25) is 0 Å². The van der Waals surface area contributed by atoms with Crippen molar-refractivity contribution in [2.45, 2.75) is 44.9 Å². The van der Waals surface area contributed by atoms with Gasteiger partial charge >= 0.3 is 5.97 Å². The van der Waals surface area contributed by atoms with Gasteiger partial charge in [0.1, 0.15) is 11.5 Å². The molecule has 0 aliphatic heterocycles. The minimum absolute atomic E-state index is 0.0322. The van der Waals surface area contributed by atoms with Crippen LogP contribution in [0.4, 0.5) is 0 Å². The zero-order chi connectivity index (χ0) is 15.8. The molecule has 0 saturated heterocycles. The number of unbranched alkanes of at least 4 members (excludes halogenated alkanes) is 4. The van der Waals surface area contributed by atoms with Gasteiger partial charge in [-0.15, -0.1) is 0 Å². The van der Waals surface area contributed by atoms with Crippen molar-refractivity contribution < 1.29 is 24.9 Å². The summed E-state index contributed by atoms with van der Waals surface area (Å²) in [5.41, 5.74) is 0.115. The molecule has 0 fully saturated rings. The lowest BCUT2D eigenvalue weighted by Crippen LogP contribution is -2.00. The summed E-state index contributed by atoms with van der Waals surface area (Å²) in [6.07, 6.45) is 4.32. The Morgan fingerprint density at radius 2 is 1.48 bits per heavy atom. The van der Waals surface area contributed by atoms with Crippen LogP contribution in [-0.4, -0.2) is 27.1 Å². The first-order chi connectivity index (χ1) is 9.91. The summed E-state index contributed by atoms with van der Waals surface area (Å²) in [6, 6.07) is 2.32. The number of carbonyl (C=O) groups excluding carboxylic acids is 1. The van der Waals surface area contributed by atoms with Gasteiger partial charge in [0.05, 0.1) is 10.6 Å². The third-order valence-electron chi connectivity index (χ3n) is 3.16. The van der Waals surface area contributed by atoms with Crippen LogP contribution in [0.25, 0.3) is 0 Å². The number of Topliss-reactive ketones (excluding diaryl/α,β-unsaturated/α-hetero) is 1. The minimum atomic E-state index is -0.787. The highest BCUT2D eigenvalue weighted by Crippen LogP contribution is 2.31. The second-order valence-corrected chi connectivity index (χ2v) is 5.31. The Bertz CT molecular complexity index is 513. The summed E-state index contributed by atoms with van der Waals surface area (Å²) in [5.74, 6) is -1.54. The average molecular weight is 315 g/mol. The predicted octanol–water partition coefficient (Wildman–Crippen LogP) is 3.75. The molecule has 0 saturated carbocycles. The number of rotatable bonds is 9. The number of hydrogen-bond donors (Lipinski definition) is 3. The van der Waals surface area contributed by atoms with Crippen molar-refractivity contribution in [1.82, 2.24) is 0 Å². The number of carbonyl (C=O) groups is 2. The van der Waals surface area contributed by atoms with Crippen LogP contribution in [0.3, 0.4) is 0 Å². The van der Waals surface area contributed by atoms with Gasteiger partial charge in [0.15, 0.2) is 5.78 Å². The van der Waals surface area contributed by atoms with Crippen molar-refractivity contribution in [2.75, 3.05) is 0 Å². The number of carboxylic acids is 1. The molecule has 0 unspecified atom stereocenters. The number of hydrogen-bond acceptors (Lipinski definition) is 4. The number of halogens is 1. The lowest BCUT2D eigenvalue weighted by atomic mass is 10.0. The molecule has 3 N–H and O–H groups in total. The van der Waals surface area contributed by atoms with Gasteiger partial charge in [-0.05, 0) is 18.9 Å². The Kier molecular flexibility index (Phi) is 7.02. The van der Waals surface area contributed by atoms with E-state index < -0.39 is 5.97 Å². The van der Waals surface area contributed by atoms with Crippen LogP contribution in [-0.2, 0) is 4.79 Å². The van der Waals surface area contributed by atoms with E-state index in [-0.39, 0.29) is 40.7 Å². The van der Waals surface area contributed by atoms with E-state index in [0.717, 1.165) is 25.3 Å². The van der Waals surface area contributed by atoms with E-state index in [0.29, 0.717) is 12.8 Å². The molecule has 21 heavy (non-hydrogen) atoms. The maximum absolute atomic E-state index is 11.9. The topological polar surface area (TPSA) is 94.8 Å². The number of benzene rings is 1. The molecule has 116 valence electrons. The van der Waals surface area contributed by atoms with E-state index in [2.05, 4.69) is 0 Å². The maximum atomic E-state index is 11.9. The number of aliphatic carboxylic acids is 1. The number of carboxylic acid groups (broad SMARTS) is 1. The predicted molar refractivity (Wildman–Crippen MR) is 79.1 cm³/mol. The Labute approximate surface area is 128 Å². The molecule has 5 nitrogen and oxygen atoms in total. The van der Waals surface area contributed by atoms with Gasteiger partial charge in [-0.3, -0.25) is 9.59 Å². The largest absolute Gasteiger partial charge is 0.507 e. The molecule has 0 aliphatic rings. The molecule has 0 aliphatic carbocycles. The SMILES string of the molecule is O=C(O)CCCCCCCC(=O)c1cc(Cl)c(O)cc1O. The summed E-state index contributed by atoms with van der Waals surface area (Å²) in [7, 11) is 0. The summed E-state index contributed by atoms with van der Waals surface area (Å²) in [6.45, 7) is 0.